The maximum absolute atomic E-state index is 11.0. The van der Waals surface area contributed by atoms with Gasteiger partial charge in [0.1, 0.15) is 0 Å². The summed E-state index contributed by atoms with van der Waals surface area (Å²) in [4.78, 5) is 21.9. The Hall–Kier alpha value is -1.58. The van der Waals surface area contributed by atoms with Gasteiger partial charge in [-0.05, 0) is 26.7 Å². The fraction of sp³-hybridized carbons (Fsp3) is 0.500. The van der Waals surface area contributed by atoms with E-state index in [0.717, 1.165) is 5.57 Å². The molecule has 0 saturated heterocycles. The van der Waals surface area contributed by atoms with Crippen LogP contribution in [0.1, 0.15) is 26.7 Å². The first kappa shape index (κ1) is 14.4. The van der Waals surface area contributed by atoms with Crippen LogP contribution in [-0.4, -0.2) is 26.2 Å². The summed E-state index contributed by atoms with van der Waals surface area (Å²) in [7, 11) is 2.69. The number of hydrogen-bond donors (Lipinski definition) is 0. The molecule has 0 N–H and O–H groups in total. The molecule has 0 spiro atoms. The SMILES string of the molecule is COC(=O)/C=C(\C)CC/C=C(\C)C(=O)OC. The van der Waals surface area contributed by atoms with Crippen molar-refractivity contribution in [2.75, 3.05) is 14.2 Å². The van der Waals surface area contributed by atoms with Crippen molar-refractivity contribution in [3.63, 3.8) is 0 Å². The number of methoxy groups -OCH3 is 2. The van der Waals surface area contributed by atoms with Crippen LogP contribution in [0.15, 0.2) is 23.3 Å². The van der Waals surface area contributed by atoms with Crippen LogP contribution < -0.4 is 0 Å². The highest BCUT2D eigenvalue weighted by Gasteiger charge is 2.02. The molecule has 0 heterocycles. The molecule has 0 saturated carbocycles. The van der Waals surface area contributed by atoms with Gasteiger partial charge in [-0.15, -0.1) is 0 Å². The van der Waals surface area contributed by atoms with Gasteiger partial charge in [-0.2, -0.15) is 0 Å². The molecule has 0 aromatic rings. The number of carbonyl (C=O) groups is 2. The summed E-state index contributed by atoms with van der Waals surface area (Å²) in [6.07, 6.45) is 4.64. The Bertz CT molecular complexity index is 313. The second kappa shape index (κ2) is 7.68. The average Bonchev–Trinajstić information content (AvgIpc) is 2.27. The Morgan fingerprint density at radius 2 is 1.75 bits per heavy atom. The molecule has 90 valence electrons. The van der Waals surface area contributed by atoms with E-state index in [-0.39, 0.29) is 11.9 Å². The van der Waals surface area contributed by atoms with Crippen LogP contribution in [0.4, 0.5) is 0 Å². The zero-order valence-electron chi connectivity index (χ0n) is 10.2. The summed E-state index contributed by atoms with van der Waals surface area (Å²) >= 11 is 0. The van der Waals surface area contributed by atoms with Crippen molar-refractivity contribution in [2.24, 2.45) is 0 Å². The maximum atomic E-state index is 11.0. The number of allylic oxidation sites excluding steroid dienone is 2. The lowest BCUT2D eigenvalue weighted by Gasteiger charge is -2.00. The average molecular weight is 226 g/mol. The van der Waals surface area contributed by atoms with Crippen LogP contribution in [0.3, 0.4) is 0 Å². The quantitative estimate of drug-likeness (QED) is 0.531. The lowest BCUT2D eigenvalue weighted by atomic mass is 10.1. The third kappa shape index (κ3) is 6.01. The highest BCUT2D eigenvalue weighted by molar-refractivity contribution is 5.87. The molecule has 4 nitrogen and oxygen atoms in total. The van der Waals surface area contributed by atoms with Gasteiger partial charge >= 0.3 is 11.9 Å². The predicted molar refractivity (Wildman–Crippen MR) is 60.8 cm³/mol. The maximum Gasteiger partial charge on any atom is 0.333 e. The van der Waals surface area contributed by atoms with E-state index in [1.54, 1.807) is 13.0 Å². The summed E-state index contributed by atoms with van der Waals surface area (Å²) in [5, 5.41) is 0. The van der Waals surface area contributed by atoms with Crippen LogP contribution in [0, 0.1) is 0 Å². The van der Waals surface area contributed by atoms with Crippen molar-refractivity contribution in [1.82, 2.24) is 0 Å². The number of hydrogen-bond acceptors (Lipinski definition) is 4. The van der Waals surface area contributed by atoms with Crippen LogP contribution in [0.2, 0.25) is 0 Å². The number of ether oxygens (including phenoxy) is 2. The van der Waals surface area contributed by atoms with Gasteiger partial charge in [0.15, 0.2) is 0 Å². The third-order valence-electron chi connectivity index (χ3n) is 2.06. The minimum atomic E-state index is -0.355. The van der Waals surface area contributed by atoms with E-state index in [4.69, 9.17) is 0 Å². The molecule has 0 aromatic carbocycles. The van der Waals surface area contributed by atoms with E-state index < -0.39 is 0 Å². The topological polar surface area (TPSA) is 52.6 Å². The lowest BCUT2D eigenvalue weighted by Crippen LogP contribution is -2.01. The van der Waals surface area contributed by atoms with Crippen LogP contribution in [-0.2, 0) is 19.1 Å². The molecule has 0 aliphatic carbocycles. The Balaban J connectivity index is 4.12. The molecule has 0 amide bonds. The predicted octanol–water partition coefficient (Wildman–Crippen LogP) is 2.01. The van der Waals surface area contributed by atoms with Crippen molar-refractivity contribution in [3.8, 4) is 0 Å². The van der Waals surface area contributed by atoms with E-state index in [1.807, 2.05) is 6.92 Å². The molecule has 0 atom stereocenters. The molecule has 4 heteroatoms. The molecule has 0 rings (SSSR count). The van der Waals surface area contributed by atoms with E-state index in [0.29, 0.717) is 18.4 Å². The molecule has 0 aliphatic heterocycles. The smallest absolute Gasteiger partial charge is 0.333 e. The van der Waals surface area contributed by atoms with E-state index in [9.17, 15) is 9.59 Å². The zero-order chi connectivity index (χ0) is 12.6. The van der Waals surface area contributed by atoms with Gasteiger partial charge in [-0.25, -0.2) is 9.59 Å². The van der Waals surface area contributed by atoms with E-state index >= 15 is 0 Å². The van der Waals surface area contributed by atoms with Gasteiger partial charge in [0, 0.05) is 11.6 Å². The van der Waals surface area contributed by atoms with Gasteiger partial charge in [0.05, 0.1) is 14.2 Å². The lowest BCUT2D eigenvalue weighted by molar-refractivity contribution is -0.136. The van der Waals surface area contributed by atoms with Crippen molar-refractivity contribution in [2.45, 2.75) is 26.7 Å². The molecular weight excluding hydrogens is 208 g/mol. The van der Waals surface area contributed by atoms with Crippen molar-refractivity contribution < 1.29 is 19.1 Å². The fourth-order valence-corrected chi connectivity index (χ4v) is 1.09. The number of rotatable bonds is 5. The molecule has 0 fully saturated rings. The molecule has 16 heavy (non-hydrogen) atoms. The van der Waals surface area contributed by atoms with Crippen molar-refractivity contribution >= 4 is 11.9 Å². The van der Waals surface area contributed by atoms with Crippen molar-refractivity contribution in [3.05, 3.63) is 23.3 Å². The Kier molecular flexibility index (Phi) is 6.92. The summed E-state index contributed by atoms with van der Waals surface area (Å²) in [5.41, 5.74) is 1.49. The minimum absolute atomic E-state index is 0.324. The Morgan fingerprint density at radius 3 is 2.25 bits per heavy atom. The summed E-state index contributed by atoms with van der Waals surface area (Å²) < 4.78 is 9.05. The highest BCUT2D eigenvalue weighted by Crippen LogP contribution is 2.07. The standard InChI is InChI=1S/C12H18O4/c1-9(8-11(13)15-3)6-5-7-10(2)12(14)16-4/h7-8H,5-6H2,1-4H3/b9-8+,10-7+. The van der Waals surface area contributed by atoms with Gasteiger partial charge in [-0.1, -0.05) is 11.6 Å². The van der Waals surface area contributed by atoms with Gasteiger partial charge < -0.3 is 9.47 Å². The zero-order valence-corrected chi connectivity index (χ0v) is 10.2. The van der Waals surface area contributed by atoms with Crippen LogP contribution >= 0.6 is 0 Å². The normalized spacial score (nSPS) is 12.2. The Labute approximate surface area is 95.9 Å². The van der Waals surface area contributed by atoms with E-state index in [2.05, 4.69) is 9.47 Å². The highest BCUT2D eigenvalue weighted by atomic mass is 16.5. The first-order valence-electron chi connectivity index (χ1n) is 5.01. The second-order valence-electron chi connectivity index (χ2n) is 3.43. The molecule has 0 bridgehead atoms. The van der Waals surface area contributed by atoms with Gasteiger partial charge in [-0.3, -0.25) is 0 Å². The summed E-state index contributed by atoms with van der Waals surface area (Å²) in [6.45, 7) is 3.55. The molecule has 0 aromatic heterocycles. The van der Waals surface area contributed by atoms with Crippen molar-refractivity contribution in [1.29, 1.82) is 0 Å². The summed E-state index contributed by atoms with van der Waals surface area (Å²) in [6, 6.07) is 0. The van der Waals surface area contributed by atoms with Crippen LogP contribution in [0.25, 0.3) is 0 Å². The molecular formula is C12H18O4. The molecule has 0 radical (unpaired) electrons. The second-order valence-corrected chi connectivity index (χ2v) is 3.43. The minimum Gasteiger partial charge on any atom is -0.466 e. The molecule has 0 unspecified atom stereocenters. The largest absolute Gasteiger partial charge is 0.466 e. The number of esters is 2. The fourth-order valence-electron chi connectivity index (χ4n) is 1.09. The first-order valence-corrected chi connectivity index (χ1v) is 5.01. The first-order chi connectivity index (χ1) is 7.51. The third-order valence-corrected chi connectivity index (χ3v) is 2.06. The van der Waals surface area contributed by atoms with Gasteiger partial charge in [0.25, 0.3) is 0 Å². The molecule has 0 aliphatic rings. The Morgan fingerprint density at radius 1 is 1.12 bits per heavy atom. The monoisotopic (exact) mass is 226 g/mol. The van der Waals surface area contributed by atoms with E-state index in [1.165, 1.54) is 20.3 Å². The number of carbonyl (C=O) groups excluding carboxylic acids is 2. The van der Waals surface area contributed by atoms with Gasteiger partial charge in [0.2, 0.25) is 0 Å². The summed E-state index contributed by atoms with van der Waals surface area (Å²) in [5.74, 6) is -0.680. The van der Waals surface area contributed by atoms with Crippen LogP contribution in [0.5, 0.6) is 0 Å².